The molecule has 4 nitrogen and oxygen atoms in total. The van der Waals surface area contributed by atoms with E-state index < -0.39 is 6.10 Å². The van der Waals surface area contributed by atoms with Gasteiger partial charge in [-0.1, -0.05) is 24.3 Å². The number of aliphatic hydroxyl groups is 1. The van der Waals surface area contributed by atoms with Crippen molar-refractivity contribution in [1.82, 2.24) is 5.32 Å². The van der Waals surface area contributed by atoms with Crippen LogP contribution in [0, 0.1) is 0 Å². The number of benzene rings is 1. The van der Waals surface area contributed by atoms with Crippen LogP contribution in [-0.4, -0.2) is 17.1 Å². The highest BCUT2D eigenvalue weighted by molar-refractivity contribution is 9.10. The third kappa shape index (κ3) is 3.09. The largest absolute Gasteiger partial charge is 0.450 e. The van der Waals surface area contributed by atoms with E-state index in [2.05, 4.69) is 21.2 Å². The van der Waals surface area contributed by atoms with Crippen LogP contribution in [0.15, 0.2) is 51.6 Å². The Kier molecular flexibility index (Phi) is 3.94. The zero-order valence-electron chi connectivity index (χ0n) is 11.1. The van der Waals surface area contributed by atoms with Crippen molar-refractivity contribution >= 4 is 27.9 Å². The lowest BCUT2D eigenvalue weighted by Crippen LogP contribution is -2.32. The molecule has 1 aliphatic carbocycles. The Balaban J connectivity index is 1.69. The van der Waals surface area contributed by atoms with E-state index >= 15 is 0 Å². The third-order valence-corrected chi connectivity index (χ3v) is 3.92. The molecular weight excluding hydrogens is 334 g/mol. The van der Waals surface area contributed by atoms with Gasteiger partial charge >= 0.3 is 0 Å². The van der Waals surface area contributed by atoms with Crippen molar-refractivity contribution in [2.45, 2.75) is 18.6 Å². The summed E-state index contributed by atoms with van der Waals surface area (Å²) in [6, 6.07) is 10.9. The normalized spacial score (nSPS) is 20.7. The Morgan fingerprint density at radius 2 is 2.14 bits per heavy atom. The molecule has 1 heterocycles. The van der Waals surface area contributed by atoms with Crippen LogP contribution in [0.5, 0.6) is 0 Å². The fourth-order valence-corrected chi connectivity index (χ4v) is 2.84. The Morgan fingerprint density at radius 3 is 2.90 bits per heavy atom. The van der Waals surface area contributed by atoms with E-state index in [-0.39, 0.29) is 11.9 Å². The Bertz CT molecular complexity index is 692. The average molecular weight is 348 g/mol. The Hall–Kier alpha value is -1.85. The molecule has 1 aromatic heterocycles. The first-order chi connectivity index (χ1) is 10.1. The standard InChI is InChI=1S/C16H14BrNO3/c17-14-7-5-11(21-14)6-8-15(20)18-16-12-4-2-1-3-10(12)9-13(16)19/h1-8,13,16,19H,9H2,(H,18,20). The Morgan fingerprint density at radius 1 is 1.33 bits per heavy atom. The number of amides is 1. The summed E-state index contributed by atoms with van der Waals surface area (Å²) in [5, 5.41) is 12.9. The molecule has 108 valence electrons. The van der Waals surface area contributed by atoms with Crippen LogP contribution in [0.2, 0.25) is 0 Å². The van der Waals surface area contributed by atoms with Gasteiger partial charge in [0.15, 0.2) is 4.67 Å². The van der Waals surface area contributed by atoms with Gasteiger partial charge < -0.3 is 14.8 Å². The minimum Gasteiger partial charge on any atom is -0.450 e. The van der Waals surface area contributed by atoms with Crippen molar-refractivity contribution in [1.29, 1.82) is 0 Å². The van der Waals surface area contributed by atoms with E-state index in [1.165, 1.54) is 6.08 Å². The molecule has 1 aromatic carbocycles. The van der Waals surface area contributed by atoms with E-state index in [4.69, 9.17) is 4.42 Å². The van der Waals surface area contributed by atoms with Crippen molar-refractivity contribution in [2.75, 3.05) is 0 Å². The number of carbonyl (C=O) groups excluding carboxylic acids is 1. The molecule has 21 heavy (non-hydrogen) atoms. The first kappa shape index (κ1) is 14.1. The molecule has 3 rings (SSSR count). The maximum Gasteiger partial charge on any atom is 0.244 e. The number of carbonyl (C=O) groups is 1. The number of rotatable bonds is 3. The van der Waals surface area contributed by atoms with Gasteiger partial charge in [-0.05, 0) is 45.3 Å². The topological polar surface area (TPSA) is 62.5 Å². The quantitative estimate of drug-likeness (QED) is 0.839. The molecule has 0 bridgehead atoms. The van der Waals surface area contributed by atoms with Crippen LogP contribution in [0.3, 0.4) is 0 Å². The van der Waals surface area contributed by atoms with Gasteiger partial charge in [0.05, 0.1) is 12.1 Å². The first-order valence-corrected chi connectivity index (χ1v) is 7.42. The summed E-state index contributed by atoms with van der Waals surface area (Å²) in [6.45, 7) is 0. The number of halogens is 1. The maximum atomic E-state index is 12.0. The second-order valence-electron chi connectivity index (χ2n) is 4.93. The van der Waals surface area contributed by atoms with Crippen LogP contribution < -0.4 is 5.32 Å². The van der Waals surface area contributed by atoms with Gasteiger partial charge in [-0.25, -0.2) is 0 Å². The molecule has 0 aliphatic heterocycles. The molecule has 1 amide bonds. The number of furan rings is 1. The maximum absolute atomic E-state index is 12.0. The number of aliphatic hydroxyl groups excluding tert-OH is 1. The minimum atomic E-state index is -0.586. The lowest BCUT2D eigenvalue weighted by molar-refractivity contribution is -0.117. The second-order valence-corrected chi connectivity index (χ2v) is 5.71. The second kappa shape index (κ2) is 5.87. The average Bonchev–Trinajstić information content (AvgIpc) is 3.01. The summed E-state index contributed by atoms with van der Waals surface area (Å²) in [7, 11) is 0. The van der Waals surface area contributed by atoms with Gasteiger partial charge in [0.25, 0.3) is 0 Å². The third-order valence-electron chi connectivity index (χ3n) is 3.49. The molecule has 1 aliphatic rings. The number of hydrogen-bond donors (Lipinski definition) is 2. The molecule has 0 spiro atoms. The molecule has 2 atom stereocenters. The zero-order chi connectivity index (χ0) is 14.8. The van der Waals surface area contributed by atoms with E-state index in [0.717, 1.165) is 11.1 Å². The molecule has 0 saturated carbocycles. The summed E-state index contributed by atoms with van der Waals surface area (Å²) in [5.74, 6) is 0.327. The highest BCUT2D eigenvalue weighted by Gasteiger charge is 2.31. The zero-order valence-corrected chi connectivity index (χ0v) is 12.7. The number of fused-ring (bicyclic) bond motifs is 1. The lowest BCUT2D eigenvalue weighted by Gasteiger charge is -2.16. The molecule has 2 unspecified atom stereocenters. The summed E-state index contributed by atoms with van der Waals surface area (Å²) in [6.07, 6.45) is 2.97. The highest BCUT2D eigenvalue weighted by Crippen LogP contribution is 2.31. The van der Waals surface area contributed by atoms with Crippen molar-refractivity contribution in [3.8, 4) is 0 Å². The SMILES string of the molecule is O=C(C=Cc1ccc(Br)o1)NC1c2ccccc2CC1O. The lowest BCUT2D eigenvalue weighted by atomic mass is 10.1. The molecule has 5 heteroatoms. The van der Waals surface area contributed by atoms with Crippen molar-refractivity contribution in [3.63, 3.8) is 0 Å². The summed E-state index contributed by atoms with van der Waals surface area (Å²) in [5.41, 5.74) is 2.06. The van der Waals surface area contributed by atoms with Crippen LogP contribution in [-0.2, 0) is 11.2 Å². The molecule has 0 saturated heterocycles. The predicted octanol–water partition coefficient (Wildman–Crippen LogP) is 2.83. The monoisotopic (exact) mass is 347 g/mol. The fraction of sp³-hybridized carbons (Fsp3) is 0.188. The van der Waals surface area contributed by atoms with Gasteiger partial charge in [-0.2, -0.15) is 0 Å². The number of hydrogen-bond acceptors (Lipinski definition) is 3. The van der Waals surface area contributed by atoms with Crippen molar-refractivity contribution in [3.05, 3.63) is 64.0 Å². The highest BCUT2D eigenvalue weighted by atomic mass is 79.9. The first-order valence-electron chi connectivity index (χ1n) is 6.63. The Labute approximate surface area is 130 Å². The smallest absolute Gasteiger partial charge is 0.244 e. The van der Waals surface area contributed by atoms with Crippen molar-refractivity contribution < 1.29 is 14.3 Å². The summed E-state index contributed by atoms with van der Waals surface area (Å²) < 4.78 is 5.90. The minimum absolute atomic E-state index is 0.261. The summed E-state index contributed by atoms with van der Waals surface area (Å²) >= 11 is 3.20. The molecular formula is C16H14BrNO3. The van der Waals surface area contributed by atoms with E-state index in [9.17, 15) is 9.90 Å². The van der Waals surface area contributed by atoms with Crippen LogP contribution >= 0.6 is 15.9 Å². The van der Waals surface area contributed by atoms with Crippen LogP contribution in [0.4, 0.5) is 0 Å². The molecule has 0 radical (unpaired) electrons. The molecule has 0 fully saturated rings. The van der Waals surface area contributed by atoms with Gasteiger partial charge in [-0.15, -0.1) is 0 Å². The number of nitrogens with one attached hydrogen (secondary N) is 1. The van der Waals surface area contributed by atoms with Crippen LogP contribution in [0.25, 0.3) is 6.08 Å². The van der Waals surface area contributed by atoms with Gasteiger partial charge in [-0.3, -0.25) is 4.79 Å². The molecule has 2 N–H and O–H groups in total. The van der Waals surface area contributed by atoms with Crippen molar-refractivity contribution in [2.24, 2.45) is 0 Å². The van der Waals surface area contributed by atoms with Gasteiger partial charge in [0.1, 0.15) is 5.76 Å². The van der Waals surface area contributed by atoms with E-state index in [1.54, 1.807) is 18.2 Å². The van der Waals surface area contributed by atoms with E-state index in [0.29, 0.717) is 16.9 Å². The van der Waals surface area contributed by atoms with Crippen LogP contribution in [0.1, 0.15) is 22.9 Å². The summed E-state index contributed by atoms with van der Waals surface area (Å²) in [4.78, 5) is 12.0. The predicted molar refractivity (Wildman–Crippen MR) is 82.5 cm³/mol. The van der Waals surface area contributed by atoms with E-state index in [1.807, 2.05) is 24.3 Å². The van der Waals surface area contributed by atoms with Gasteiger partial charge in [0.2, 0.25) is 5.91 Å². The fourth-order valence-electron chi connectivity index (χ4n) is 2.52. The molecule has 2 aromatic rings. The van der Waals surface area contributed by atoms with Gasteiger partial charge in [0, 0.05) is 12.5 Å².